The predicted molar refractivity (Wildman–Crippen MR) is 119 cm³/mol. The van der Waals surface area contributed by atoms with Crippen molar-refractivity contribution in [1.82, 2.24) is 5.32 Å². The minimum Gasteiger partial charge on any atom is -0.464 e. The number of nitrogens with one attached hydrogen (secondary N) is 2. The Bertz CT molecular complexity index is 1100. The highest BCUT2D eigenvalue weighted by Crippen LogP contribution is 2.32. The summed E-state index contributed by atoms with van der Waals surface area (Å²) >= 11 is 11.9. The first-order valence-corrected chi connectivity index (χ1v) is 12.0. The van der Waals surface area contributed by atoms with Crippen molar-refractivity contribution in [1.29, 1.82) is 0 Å². The monoisotopic (exact) mass is 484 g/mol. The van der Waals surface area contributed by atoms with Crippen molar-refractivity contribution in [2.45, 2.75) is 43.0 Å². The molecule has 0 unspecified atom stereocenters. The van der Waals surface area contributed by atoms with E-state index < -0.39 is 27.4 Å². The third-order valence-corrected chi connectivity index (χ3v) is 7.13. The van der Waals surface area contributed by atoms with Crippen LogP contribution >= 0.6 is 23.2 Å². The molecule has 2 aromatic carbocycles. The molecule has 7 nitrogen and oxygen atoms in total. The first kappa shape index (κ1) is 23.4. The lowest BCUT2D eigenvalue weighted by Gasteiger charge is -2.27. The first-order chi connectivity index (χ1) is 14.7. The zero-order valence-electron chi connectivity index (χ0n) is 16.8. The number of anilines is 1. The Morgan fingerprint density at radius 2 is 1.81 bits per heavy atom. The van der Waals surface area contributed by atoms with Crippen molar-refractivity contribution in [3.63, 3.8) is 0 Å². The molecule has 0 radical (unpaired) electrons. The largest absolute Gasteiger partial charge is 0.464 e. The molecule has 0 spiro atoms. The van der Waals surface area contributed by atoms with Gasteiger partial charge in [-0.15, -0.1) is 0 Å². The van der Waals surface area contributed by atoms with Gasteiger partial charge in [-0.1, -0.05) is 42.1 Å². The van der Waals surface area contributed by atoms with Crippen LogP contribution in [0.4, 0.5) is 5.69 Å². The van der Waals surface area contributed by atoms with E-state index in [4.69, 9.17) is 27.9 Å². The highest BCUT2D eigenvalue weighted by atomic mass is 35.5. The molecule has 1 fully saturated rings. The topological polar surface area (TPSA) is 102 Å². The van der Waals surface area contributed by atoms with Gasteiger partial charge < -0.3 is 10.1 Å². The summed E-state index contributed by atoms with van der Waals surface area (Å²) in [7, 11) is -4.04. The zero-order valence-corrected chi connectivity index (χ0v) is 19.1. The Kier molecular flexibility index (Phi) is 7.13. The molecular formula is C21H22Cl2N2O5S. The summed E-state index contributed by atoms with van der Waals surface area (Å²) in [5.74, 6) is -0.940. The summed E-state index contributed by atoms with van der Waals surface area (Å²) in [6, 6.07) is 10.1. The number of carbonyl (C=O) groups excluding carboxylic acids is 2. The number of hydrogen-bond acceptors (Lipinski definition) is 5. The van der Waals surface area contributed by atoms with E-state index in [1.165, 1.54) is 42.5 Å². The molecule has 3 rings (SSSR count). The zero-order chi connectivity index (χ0) is 22.6. The van der Waals surface area contributed by atoms with Crippen LogP contribution in [0, 0.1) is 0 Å². The SMILES string of the molecule is CCOC(=O)C1(NC(=O)c2cccc(NS(=O)(=O)c3cc(Cl)ccc3Cl)c2)CCCC1. The van der Waals surface area contributed by atoms with Gasteiger partial charge in [-0.05, 0) is 56.2 Å². The maximum atomic E-state index is 12.9. The molecule has 0 aliphatic heterocycles. The van der Waals surface area contributed by atoms with Gasteiger partial charge in [-0.25, -0.2) is 13.2 Å². The minimum absolute atomic E-state index is 0.0170. The molecule has 1 aliphatic rings. The van der Waals surface area contributed by atoms with Crippen LogP contribution in [0.5, 0.6) is 0 Å². The van der Waals surface area contributed by atoms with E-state index in [-0.39, 0.29) is 32.8 Å². The van der Waals surface area contributed by atoms with E-state index in [1.807, 2.05) is 0 Å². The second-order valence-corrected chi connectivity index (χ2v) is 9.72. The van der Waals surface area contributed by atoms with Crippen LogP contribution in [0.2, 0.25) is 10.0 Å². The van der Waals surface area contributed by atoms with E-state index in [9.17, 15) is 18.0 Å². The van der Waals surface area contributed by atoms with Crippen LogP contribution in [-0.2, 0) is 19.6 Å². The minimum atomic E-state index is -4.04. The van der Waals surface area contributed by atoms with Gasteiger partial charge in [-0.2, -0.15) is 0 Å². The lowest BCUT2D eigenvalue weighted by molar-refractivity contribution is -0.150. The van der Waals surface area contributed by atoms with Gasteiger partial charge in [0.25, 0.3) is 15.9 Å². The summed E-state index contributed by atoms with van der Waals surface area (Å²) in [5.41, 5.74) is -0.690. The van der Waals surface area contributed by atoms with Crippen LogP contribution in [0.1, 0.15) is 43.0 Å². The average molecular weight is 485 g/mol. The van der Waals surface area contributed by atoms with Crippen molar-refractivity contribution in [3.8, 4) is 0 Å². The van der Waals surface area contributed by atoms with E-state index in [2.05, 4.69) is 10.0 Å². The smallest absolute Gasteiger partial charge is 0.331 e. The molecule has 2 N–H and O–H groups in total. The number of ether oxygens (including phenoxy) is 1. The quantitative estimate of drug-likeness (QED) is 0.567. The van der Waals surface area contributed by atoms with Crippen LogP contribution in [0.25, 0.3) is 0 Å². The van der Waals surface area contributed by atoms with E-state index in [1.54, 1.807) is 6.92 Å². The molecule has 0 bridgehead atoms. The van der Waals surface area contributed by atoms with E-state index in [0.717, 1.165) is 12.8 Å². The van der Waals surface area contributed by atoms with Crippen molar-refractivity contribution in [2.75, 3.05) is 11.3 Å². The van der Waals surface area contributed by atoms with Gasteiger partial charge >= 0.3 is 5.97 Å². The summed E-state index contributed by atoms with van der Waals surface area (Å²) in [5, 5.41) is 3.04. The predicted octanol–water partition coefficient (Wildman–Crippen LogP) is 4.40. The molecule has 10 heteroatoms. The lowest BCUT2D eigenvalue weighted by atomic mass is 9.97. The van der Waals surface area contributed by atoms with E-state index >= 15 is 0 Å². The molecule has 0 heterocycles. The Morgan fingerprint density at radius 3 is 2.48 bits per heavy atom. The highest BCUT2D eigenvalue weighted by Gasteiger charge is 2.44. The first-order valence-electron chi connectivity index (χ1n) is 9.74. The molecule has 0 atom stereocenters. The number of halogens is 2. The molecule has 2 aromatic rings. The maximum Gasteiger partial charge on any atom is 0.331 e. The second-order valence-electron chi connectivity index (χ2n) is 7.22. The third kappa shape index (κ3) is 5.31. The van der Waals surface area contributed by atoms with Crippen LogP contribution in [0.3, 0.4) is 0 Å². The number of hydrogen-bond donors (Lipinski definition) is 2. The lowest BCUT2D eigenvalue weighted by Crippen LogP contribution is -2.53. The molecular weight excluding hydrogens is 463 g/mol. The number of sulfonamides is 1. The van der Waals surface area contributed by atoms with Crippen LogP contribution in [0.15, 0.2) is 47.4 Å². The van der Waals surface area contributed by atoms with Crippen molar-refractivity contribution in [2.24, 2.45) is 0 Å². The van der Waals surface area contributed by atoms with Gasteiger partial charge in [0.2, 0.25) is 0 Å². The van der Waals surface area contributed by atoms with Crippen LogP contribution in [-0.4, -0.2) is 32.4 Å². The van der Waals surface area contributed by atoms with Crippen molar-refractivity contribution in [3.05, 3.63) is 58.1 Å². The Labute approximate surface area is 191 Å². The fourth-order valence-corrected chi connectivity index (χ4v) is 5.35. The van der Waals surface area contributed by atoms with Gasteiger partial charge in [0.05, 0.1) is 11.6 Å². The number of esters is 1. The van der Waals surface area contributed by atoms with Gasteiger partial charge in [0.15, 0.2) is 0 Å². The number of benzene rings is 2. The summed E-state index contributed by atoms with van der Waals surface area (Å²) < 4.78 is 33.0. The van der Waals surface area contributed by atoms with Crippen LogP contribution < -0.4 is 10.0 Å². The van der Waals surface area contributed by atoms with Crippen molar-refractivity contribution >= 4 is 50.8 Å². The normalized spacial score (nSPS) is 15.3. The molecule has 1 saturated carbocycles. The molecule has 0 saturated heterocycles. The Hall–Kier alpha value is -2.29. The summed E-state index contributed by atoms with van der Waals surface area (Å²) in [4.78, 5) is 25.1. The molecule has 31 heavy (non-hydrogen) atoms. The molecule has 1 amide bonds. The Morgan fingerprint density at radius 1 is 1.10 bits per heavy atom. The summed E-state index contributed by atoms with van der Waals surface area (Å²) in [6.07, 6.45) is 2.60. The van der Waals surface area contributed by atoms with Gasteiger partial charge in [-0.3, -0.25) is 9.52 Å². The highest BCUT2D eigenvalue weighted by molar-refractivity contribution is 7.92. The van der Waals surface area contributed by atoms with E-state index in [0.29, 0.717) is 12.8 Å². The number of carbonyl (C=O) groups is 2. The average Bonchev–Trinajstić information content (AvgIpc) is 3.19. The summed E-state index contributed by atoms with van der Waals surface area (Å²) in [6.45, 7) is 1.93. The molecule has 166 valence electrons. The fourth-order valence-electron chi connectivity index (χ4n) is 3.53. The number of amides is 1. The fraction of sp³-hybridized carbons (Fsp3) is 0.333. The second kappa shape index (κ2) is 9.46. The molecule has 0 aromatic heterocycles. The molecule has 1 aliphatic carbocycles. The number of rotatable bonds is 7. The standard InChI is InChI=1S/C21H22Cl2N2O5S/c1-2-30-20(27)21(10-3-4-11-21)24-19(26)14-6-5-7-16(12-14)25-31(28,29)18-13-15(22)8-9-17(18)23/h5-9,12-13,25H,2-4,10-11H2,1H3,(H,24,26). The maximum absolute atomic E-state index is 12.9. The van der Waals surface area contributed by atoms with Gasteiger partial charge in [0, 0.05) is 16.3 Å². The van der Waals surface area contributed by atoms with Crippen molar-refractivity contribution < 1.29 is 22.7 Å². The third-order valence-electron chi connectivity index (χ3n) is 5.04. The van der Waals surface area contributed by atoms with Gasteiger partial charge in [0.1, 0.15) is 10.4 Å². The Balaban J connectivity index is 1.82.